The van der Waals surface area contributed by atoms with Crippen molar-refractivity contribution in [2.45, 2.75) is 45.4 Å². The second-order valence-electron chi connectivity index (χ2n) is 6.19. The highest BCUT2D eigenvalue weighted by Gasteiger charge is 2.23. The summed E-state index contributed by atoms with van der Waals surface area (Å²) in [7, 11) is 0. The second-order valence-corrected chi connectivity index (χ2v) is 7.69. The van der Waals surface area contributed by atoms with Gasteiger partial charge in [-0.05, 0) is 19.8 Å². The number of thiol groups is 1. The minimum Gasteiger partial charge on any atom is -0.378 e. The first-order valence-corrected chi connectivity index (χ1v) is 10.1. The van der Waals surface area contributed by atoms with Crippen LogP contribution in [-0.4, -0.2) is 53.1 Å². The van der Waals surface area contributed by atoms with Crippen molar-refractivity contribution in [1.29, 1.82) is 0 Å². The van der Waals surface area contributed by atoms with Crippen molar-refractivity contribution in [2.24, 2.45) is 0 Å². The maximum absolute atomic E-state index is 12.5. The zero-order chi connectivity index (χ0) is 18.9. The van der Waals surface area contributed by atoms with Gasteiger partial charge in [0, 0.05) is 25.9 Å². The molecule has 0 unspecified atom stereocenters. The maximum Gasteiger partial charge on any atom is 0.266 e. The lowest BCUT2D eigenvalue weighted by atomic mass is 10.1. The molecule has 144 valence electrons. The third-order valence-corrected chi connectivity index (χ3v) is 5.36. The summed E-state index contributed by atoms with van der Waals surface area (Å²) in [4.78, 5) is 41.9. The van der Waals surface area contributed by atoms with E-state index in [-0.39, 0.29) is 16.9 Å². The molecule has 0 aromatic carbocycles. The van der Waals surface area contributed by atoms with Crippen LogP contribution in [0.2, 0.25) is 0 Å². The van der Waals surface area contributed by atoms with Crippen molar-refractivity contribution in [3.8, 4) is 0 Å². The molecular weight excluding hydrogens is 374 g/mol. The molecule has 0 atom stereocenters. The van der Waals surface area contributed by atoms with Crippen LogP contribution in [0, 0.1) is 6.92 Å². The molecule has 0 spiro atoms. The highest BCUT2D eigenvalue weighted by molar-refractivity contribution is 7.96. The molecule has 0 saturated carbocycles. The first-order chi connectivity index (χ1) is 12.5. The third-order valence-electron chi connectivity index (χ3n) is 4.08. The SMILES string of the molecule is Cc1nc(NC(=O)CCCCCCC(=O)S)sc1C(=O)N1CCOCC1. The molecular formula is C17H25N3O4S2. The summed E-state index contributed by atoms with van der Waals surface area (Å²) in [5.74, 6) is -0.156. The van der Waals surface area contributed by atoms with Gasteiger partial charge in [0.15, 0.2) is 10.2 Å². The van der Waals surface area contributed by atoms with Crippen LogP contribution >= 0.6 is 24.0 Å². The smallest absolute Gasteiger partial charge is 0.266 e. The van der Waals surface area contributed by atoms with Crippen molar-refractivity contribution in [3.05, 3.63) is 10.6 Å². The Morgan fingerprint density at radius 1 is 1.15 bits per heavy atom. The monoisotopic (exact) mass is 399 g/mol. The van der Waals surface area contributed by atoms with Gasteiger partial charge in [-0.25, -0.2) is 4.98 Å². The molecule has 1 aromatic heterocycles. The molecule has 1 fully saturated rings. The Labute approximate surface area is 162 Å². The number of hydrogen-bond acceptors (Lipinski definition) is 6. The van der Waals surface area contributed by atoms with E-state index < -0.39 is 0 Å². The van der Waals surface area contributed by atoms with Crippen molar-refractivity contribution < 1.29 is 19.1 Å². The number of anilines is 1. The fraction of sp³-hybridized carbons (Fsp3) is 0.647. The van der Waals surface area contributed by atoms with Crippen LogP contribution in [0.4, 0.5) is 5.13 Å². The summed E-state index contributed by atoms with van der Waals surface area (Å²) >= 11 is 4.95. The lowest BCUT2D eigenvalue weighted by Gasteiger charge is -2.26. The van der Waals surface area contributed by atoms with Gasteiger partial charge in [-0.3, -0.25) is 14.4 Å². The average molecular weight is 400 g/mol. The predicted octanol–water partition coefficient (Wildman–Crippen LogP) is 2.66. The Hall–Kier alpha value is -1.45. The number of aromatic nitrogens is 1. The minimum absolute atomic E-state index is 0.0532. The second kappa shape index (κ2) is 10.6. The number of nitrogens with one attached hydrogen (secondary N) is 1. The van der Waals surface area contributed by atoms with E-state index in [1.807, 2.05) is 0 Å². The highest BCUT2D eigenvalue weighted by atomic mass is 32.1. The van der Waals surface area contributed by atoms with E-state index >= 15 is 0 Å². The maximum atomic E-state index is 12.5. The van der Waals surface area contributed by atoms with Crippen LogP contribution in [0.15, 0.2) is 0 Å². The number of amides is 2. The first-order valence-electron chi connectivity index (χ1n) is 8.83. The van der Waals surface area contributed by atoms with Crippen molar-refractivity contribution in [2.75, 3.05) is 31.6 Å². The molecule has 7 nitrogen and oxygen atoms in total. The topological polar surface area (TPSA) is 88.6 Å². The first kappa shape index (κ1) is 20.9. The number of aryl methyl sites for hydroxylation is 1. The molecule has 2 rings (SSSR count). The summed E-state index contributed by atoms with van der Waals surface area (Å²) in [6, 6.07) is 0. The average Bonchev–Trinajstić information content (AvgIpc) is 2.98. The largest absolute Gasteiger partial charge is 0.378 e. The van der Waals surface area contributed by atoms with Gasteiger partial charge in [-0.1, -0.05) is 24.2 Å². The van der Waals surface area contributed by atoms with Crippen molar-refractivity contribution >= 4 is 46.0 Å². The van der Waals surface area contributed by atoms with E-state index in [2.05, 4.69) is 22.9 Å². The molecule has 9 heteroatoms. The highest BCUT2D eigenvalue weighted by Crippen LogP contribution is 2.24. The number of nitrogens with zero attached hydrogens (tertiary/aromatic N) is 2. The number of unbranched alkanes of at least 4 members (excludes halogenated alkanes) is 3. The van der Waals surface area contributed by atoms with Gasteiger partial charge in [0.1, 0.15) is 4.88 Å². The fourth-order valence-corrected chi connectivity index (χ4v) is 3.76. The lowest BCUT2D eigenvalue weighted by Crippen LogP contribution is -2.40. The fourth-order valence-electron chi connectivity index (χ4n) is 2.66. The van der Waals surface area contributed by atoms with Gasteiger partial charge in [0.05, 0.1) is 18.9 Å². The molecule has 0 radical (unpaired) electrons. The normalized spacial score (nSPS) is 14.3. The van der Waals surface area contributed by atoms with Crippen LogP contribution in [0.5, 0.6) is 0 Å². The zero-order valence-corrected chi connectivity index (χ0v) is 16.7. The molecule has 1 aliphatic heterocycles. The van der Waals surface area contributed by atoms with E-state index in [4.69, 9.17) is 4.74 Å². The Balaban J connectivity index is 1.76. The number of morpholine rings is 1. The van der Waals surface area contributed by atoms with Crippen LogP contribution in [0.3, 0.4) is 0 Å². The van der Waals surface area contributed by atoms with E-state index in [1.54, 1.807) is 11.8 Å². The van der Waals surface area contributed by atoms with Gasteiger partial charge in [-0.2, -0.15) is 0 Å². The van der Waals surface area contributed by atoms with Crippen LogP contribution in [0.25, 0.3) is 0 Å². The number of hydrogen-bond donors (Lipinski definition) is 2. The Morgan fingerprint density at radius 3 is 2.46 bits per heavy atom. The third kappa shape index (κ3) is 6.69. The number of carbonyl (C=O) groups is 3. The van der Waals surface area contributed by atoms with Crippen molar-refractivity contribution in [1.82, 2.24) is 9.88 Å². The number of rotatable bonds is 9. The number of carbonyl (C=O) groups excluding carboxylic acids is 3. The standard InChI is InChI=1S/C17H25N3O4S2/c1-12-15(16(23)20-8-10-24-11-9-20)26-17(18-12)19-13(21)6-4-2-3-5-7-14(22)25/h2-11H2,1H3,(H,22,25)(H,18,19,21). The molecule has 1 saturated heterocycles. The summed E-state index contributed by atoms with van der Waals surface area (Å²) in [5, 5.41) is 3.15. The molecule has 0 aliphatic carbocycles. The molecule has 1 N–H and O–H groups in total. The van der Waals surface area contributed by atoms with Gasteiger partial charge in [0.2, 0.25) is 5.91 Å². The number of ether oxygens (including phenoxy) is 1. The molecule has 1 aliphatic rings. The van der Waals surface area contributed by atoms with E-state index in [0.717, 1.165) is 25.7 Å². The van der Waals surface area contributed by atoms with Gasteiger partial charge >= 0.3 is 0 Å². The molecule has 2 amide bonds. The summed E-state index contributed by atoms with van der Waals surface area (Å²) in [6.45, 7) is 4.04. The van der Waals surface area contributed by atoms with Gasteiger partial charge in [0.25, 0.3) is 5.91 Å². The molecule has 26 heavy (non-hydrogen) atoms. The van der Waals surface area contributed by atoms with Crippen molar-refractivity contribution in [3.63, 3.8) is 0 Å². The zero-order valence-electron chi connectivity index (χ0n) is 15.0. The van der Waals surface area contributed by atoms with E-state index in [0.29, 0.717) is 54.8 Å². The summed E-state index contributed by atoms with van der Waals surface area (Å²) in [6.07, 6.45) is 4.26. The van der Waals surface area contributed by atoms with E-state index in [9.17, 15) is 14.4 Å². The Morgan fingerprint density at radius 2 is 1.81 bits per heavy atom. The quantitative estimate of drug-likeness (QED) is 0.492. The van der Waals surface area contributed by atoms with Crippen LogP contribution in [0.1, 0.15) is 53.9 Å². The molecule has 2 heterocycles. The Kier molecular flexibility index (Phi) is 8.53. The predicted molar refractivity (Wildman–Crippen MR) is 104 cm³/mol. The minimum atomic E-state index is -0.102. The van der Waals surface area contributed by atoms with Gasteiger partial charge < -0.3 is 15.0 Å². The lowest BCUT2D eigenvalue weighted by molar-refractivity contribution is -0.116. The van der Waals surface area contributed by atoms with E-state index in [1.165, 1.54) is 11.3 Å². The summed E-state index contributed by atoms with van der Waals surface area (Å²) in [5.41, 5.74) is 0.637. The molecule has 1 aromatic rings. The Bertz CT molecular complexity index is 642. The summed E-state index contributed by atoms with van der Waals surface area (Å²) < 4.78 is 5.26. The molecule has 0 bridgehead atoms. The van der Waals surface area contributed by atoms with Crippen LogP contribution < -0.4 is 5.32 Å². The van der Waals surface area contributed by atoms with Crippen LogP contribution in [-0.2, 0) is 14.3 Å². The van der Waals surface area contributed by atoms with Gasteiger partial charge in [-0.15, -0.1) is 12.6 Å². The number of thiazole rings is 1.